The summed E-state index contributed by atoms with van der Waals surface area (Å²) in [6.45, 7) is 0.00527. The molecule has 1 aliphatic heterocycles. The van der Waals surface area contributed by atoms with Crippen LogP contribution in [-0.2, 0) is 17.1 Å². The minimum Gasteiger partial charge on any atom is -0.495 e. The van der Waals surface area contributed by atoms with Gasteiger partial charge in [0, 0.05) is 31.6 Å². The number of ketones is 1. The number of ether oxygens (including phenoxy) is 1. The van der Waals surface area contributed by atoms with E-state index in [4.69, 9.17) is 9.15 Å². The lowest BCUT2D eigenvalue weighted by Gasteiger charge is -2.31. The Kier molecular flexibility index (Phi) is 3.84. The standard InChI is InChI=1S/C18H16N2O6S/c1-19-13-7-6-11(10-16(13)26-18(19)22)27(23,24)20-9-8-14(21)12-4-3-5-15(25-2)17(12)20/h3-7,10H,8-9H2,1-2H3. The first-order valence-electron chi connectivity index (χ1n) is 8.17. The molecule has 0 atom stereocenters. The third kappa shape index (κ3) is 2.54. The average molecular weight is 388 g/mol. The number of oxazole rings is 1. The predicted molar refractivity (Wildman–Crippen MR) is 97.9 cm³/mol. The van der Waals surface area contributed by atoms with Crippen molar-refractivity contribution in [1.29, 1.82) is 0 Å². The molecule has 0 aliphatic carbocycles. The van der Waals surface area contributed by atoms with Gasteiger partial charge in [-0.1, -0.05) is 6.07 Å². The lowest BCUT2D eigenvalue weighted by molar-refractivity contribution is 0.0981. The molecule has 3 aromatic rings. The van der Waals surface area contributed by atoms with E-state index in [1.54, 1.807) is 25.2 Å². The number of aryl methyl sites for hydroxylation is 1. The molecule has 0 saturated carbocycles. The maximum Gasteiger partial charge on any atom is 0.419 e. The van der Waals surface area contributed by atoms with Gasteiger partial charge in [0.1, 0.15) is 11.4 Å². The zero-order valence-electron chi connectivity index (χ0n) is 14.6. The molecule has 1 aromatic heterocycles. The topological polar surface area (TPSA) is 98.8 Å². The van der Waals surface area contributed by atoms with Gasteiger partial charge in [-0.25, -0.2) is 13.2 Å². The van der Waals surface area contributed by atoms with Crippen molar-refractivity contribution >= 4 is 32.6 Å². The van der Waals surface area contributed by atoms with Gasteiger partial charge in [-0.2, -0.15) is 0 Å². The minimum atomic E-state index is -4.00. The quantitative estimate of drug-likeness (QED) is 0.680. The number of carbonyl (C=O) groups excluding carboxylic acids is 1. The van der Waals surface area contributed by atoms with Crippen molar-refractivity contribution in [3.05, 3.63) is 52.5 Å². The van der Waals surface area contributed by atoms with Crippen molar-refractivity contribution in [3.8, 4) is 5.75 Å². The largest absolute Gasteiger partial charge is 0.495 e. The summed E-state index contributed by atoms with van der Waals surface area (Å²) in [7, 11) is -1.03. The molecule has 0 radical (unpaired) electrons. The first-order valence-corrected chi connectivity index (χ1v) is 9.61. The van der Waals surface area contributed by atoms with Gasteiger partial charge >= 0.3 is 5.76 Å². The van der Waals surface area contributed by atoms with Gasteiger partial charge in [0.15, 0.2) is 11.4 Å². The van der Waals surface area contributed by atoms with Crippen molar-refractivity contribution < 1.29 is 22.4 Å². The summed E-state index contributed by atoms with van der Waals surface area (Å²) in [4.78, 5) is 23.9. The molecule has 0 bridgehead atoms. The maximum atomic E-state index is 13.3. The molecule has 9 heteroatoms. The number of para-hydroxylation sites is 1. The molecule has 0 fully saturated rings. The number of methoxy groups -OCH3 is 1. The summed E-state index contributed by atoms with van der Waals surface area (Å²) in [5.41, 5.74) is 1.20. The molecular formula is C18H16N2O6S. The van der Waals surface area contributed by atoms with Crippen LogP contribution in [0.25, 0.3) is 11.1 Å². The van der Waals surface area contributed by atoms with E-state index >= 15 is 0 Å². The number of aromatic nitrogens is 1. The molecule has 0 spiro atoms. The second kappa shape index (κ2) is 5.98. The Morgan fingerprint density at radius 1 is 1.15 bits per heavy atom. The van der Waals surface area contributed by atoms with Crippen LogP contribution in [0.5, 0.6) is 5.75 Å². The fourth-order valence-electron chi connectivity index (χ4n) is 3.26. The lowest BCUT2D eigenvalue weighted by atomic mass is 10.0. The number of carbonyl (C=O) groups is 1. The molecule has 0 saturated heterocycles. The molecular weight excluding hydrogens is 372 g/mol. The summed E-state index contributed by atoms with van der Waals surface area (Å²) in [5.74, 6) is -0.411. The number of sulfonamides is 1. The van der Waals surface area contributed by atoms with Gasteiger partial charge < -0.3 is 9.15 Å². The smallest absolute Gasteiger partial charge is 0.419 e. The molecule has 4 rings (SSSR count). The highest BCUT2D eigenvalue weighted by molar-refractivity contribution is 7.92. The van der Waals surface area contributed by atoms with E-state index in [1.807, 2.05) is 0 Å². The van der Waals surface area contributed by atoms with Crippen LogP contribution in [0.4, 0.5) is 5.69 Å². The molecule has 0 N–H and O–H groups in total. The third-order valence-corrected chi connectivity index (χ3v) is 6.46. The van der Waals surface area contributed by atoms with Crippen molar-refractivity contribution in [3.63, 3.8) is 0 Å². The Morgan fingerprint density at radius 2 is 1.93 bits per heavy atom. The van der Waals surface area contributed by atoms with E-state index in [1.165, 1.54) is 34.2 Å². The summed E-state index contributed by atoms with van der Waals surface area (Å²) in [5, 5.41) is 0. The lowest BCUT2D eigenvalue weighted by Crippen LogP contribution is -2.37. The van der Waals surface area contributed by atoms with E-state index in [9.17, 15) is 18.0 Å². The monoisotopic (exact) mass is 388 g/mol. The number of anilines is 1. The highest BCUT2D eigenvalue weighted by Crippen LogP contribution is 2.39. The number of rotatable bonds is 3. The van der Waals surface area contributed by atoms with Crippen LogP contribution in [0.2, 0.25) is 0 Å². The summed E-state index contributed by atoms with van der Waals surface area (Å²) >= 11 is 0. The summed E-state index contributed by atoms with van der Waals surface area (Å²) < 4.78 is 39.4. The Morgan fingerprint density at radius 3 is 2.67 bits per heavy atom. The average Bonchev–Trinajstić information content (AvgIpc) is 2.95. The third-order valence-electron chi connectivity index (χ3n) is 4.66. The second-order valence-corrected chi connectivity index (χ2v) is 8.03. The molecule has 140 valence electrons. The van der Waals surface area contributed by atoms with Crippen LogP contribution in [0.1, 0.15) is 16.8 Å². The number of hydrogen-bond acceptors (Lipinski definition) is 6. The number of nitrogens with zero attached hydrogens (tertiary/aromatic N) is 2. The van der Waals surface area contributed by atoms with Crippen LogP contribution in [-0.4, -0.2) is 32.4 Å². The fraction of sp³-hybridized carbons (Fsp3) is 0.222. The Labute approximate surface area is 154 Å². The van der Waals surface area contributed by atoms with Gasteiger partial charge in [-0.3, -0.25) is 13.7 Å². The number of Topliss-reactive ketones (excluding diaryl/α,β-unsaturated/α-hetero) is 1. The second-order valence-electron chi connectivity index (χ2n) is 6.16. The SMILES string of the molecule is COc1cccc2c1N(S(=O)(=O)c1ccc3c(c1)oc(=O)n3C)CCC2=O. The zero-order valence-corrected chi connectivity index (χ0v) is 15.4. The van der Waals surface area contributed by atoms with Crippen LogP contribution in [0.3, 0.4) is 0 Å². The van der Waals surface area contributed by atoms with E-state index in [0.29, 0.717) is 16.8 Å². The maximum absolute atomic E-state index is 13.3. The van der Waals surface area contributed by atoms with E-state index < -0.39 is 15.8 Å². The van der Waals surface area contributed by atoms with Crippen molar-refractivity contribution in [2.75, 3.05) is 18.0 Å². The van der Waals surface area contributed by atoms with Crippen LogP contribution in [0.15, 0.2) is 50.5 Å². The van der Waals surface area contributed by atoms with Gasteiger partial charge in [0.25, 0.3) is 10.0 Å². The normalized spacial score (nSPS) is 14.4. The Bertz CT molecular complexity index is 1240. The fourth-order valence-corrected chi connectivity index (χ4v) is 4.77. The molecule has 27 heavy (non-hydrogen) atoms. The van der Waals surface area contributed by atoms with Gasteiger partial charge in [0.2, 0.25) is 0 Å². The van der Waals surface area contributed by atoms with Crippen molar-refractivity contribution in [2.24, 2.45) is 7.05 Å². The first kappa shape index (κ1) is 17.3. The predicted octanol–water partition coefficient (Wildman–Crippen LogP) is 1.92. The highest BCUT2D eigenvalue weighted by Gasteiger charge is 2.35. The number of hydrogen-bond donors (Lipinski definition) is 0. The van der Waals surface area contributed by atoms with Crippen LogP contribution < -0.4 is 14.8 Å². The summed E-state index contributed by atoms with van der Waals surface area (Å²) in [6, 6.07) is 9.10. The van der Waals surface area contributed by atoms with Gasteiger partial charge in [-0.05, 0) is 24.3 Å². The molecule has 0 unspecified atom stereocenters. The summed E-state index contributed by atoms with van der Waals surface area (Å²) in [6.07, 6.45) is 0.0715. The van der Waals surface area contributed by atoms with Gasteiger partial charge in [-0.15, -0.1) is 0 Å². The van der Waals surface area contributed by atoms with Gasteiger partial charge in [0.05, 0.1) is 17.5 Å². The minimum absolute atomic E-state index is 0.00527. The molecule has 0 amide bonds. The first-order chi connectivity index (χ1) is 12.8. The van der Waals surface area contributed by atoms with E-state index in [0.717, 1.165) is 0 Å². The Hall–Kier alpha value is -3.07. The number of fused-ring (bicyclic) bond motifs is 2. The molecule has 8 nitrogen and oxygen atoms in total. The highest BCUT2D eigenvalue weighted by atomic mass is 32.2. The van der Waals surface area contributed by atoms with Crippen LogP contribution >= 0.6 is 0 Å². The molecule has 1 aliphatic rings. The van der Waals surface area contributed by atoms with Crippen molar-refractivity contribution in [2.45, 2.75) is 11.3 Å². The van der Waals surface area contributed by atoms with Crippen molar-refractivity contribution in [1.82, 2.24) is 4.57 Å². The number of benzene rings is 2. The zero-order chi connectivity index (χ0) is 19.3. The van der Waals surface area contributed by atoms with Crippen LogP contribution in [0, 0.1) is 0 Å². The Balaban J connectivity index is 1.90. The van der Waals surface area contributed by atoms with E-state index in [2.05, 4.69) is 0 Å². The van der Waals surface area contributed by atoms with E-state index in [-0.39, 0.29) is 34.9 Å². The molecule has 2 aromatic carbocycles. The molecule has 2 heterocycles.